The predicted octanol–water partition coefficient (Wildman–Crippen LogP) is 3.69. The Labute approximate surface area is 124 Å². The maximum Gasteiger partial charge on any atom is 0.244 e. The third-order valence-electron chi connectivity index (χ3n) is 4.23. The summed E-state index contributed by atoms with van der Waals surface area (Å²) >= 11 is 7.22. The second-order valence-corrected chi connectivity index (χ2v) is 8.58. The Morgan fingerprint density at radius 1 is 1.42 bits per heavy atom. The lowest BCUT2D eigenvalue weighted by molar-refractivity contribution is 0.169. The normalized spacial score (nSPS) is 20.6. The molecular weight excluding hydrogens is 302 g/mol. The third kappa shape index (κ3) is 2.99. The van der Waals surface area contributed by atoms with Gasteiger partial charge in [-0.25, -0.2) is 8.42 Å². The molecule has 1 aliphatic heterocycles. The van der Waals surface area contributed by atoms with E-state index in [1.54, 1.807) is 15.8 Å². The van der Waals surface area contributed by atoms with Crippen molar-refractivity contribution in [3.8, 4) is 0 Å². The number of sulfonamides is 1. The molecule has 1 saturated heterocycles. The summed E-state index contributed by atoms with van der Waals surface area (Å²) < 4.78 is 26.8. The molecule has 1 fully saturated rings. The fraction of sp³-hybridized carbons (Fsp3) is 0.692. The standard InChI is InChI=1S/C13H20ClNO2S2/c1-3-13(2)5-7-15(8-6-13)19(16,17)12-4-9-18-11(12)10-14/h4,9H,3,5-8,10H2,1-2H3. The molecule has 0 bridgehead atoms. The topological polar surface area (TPSA) is 37.4 Å². The van der Waals surface area contributed by atoms with E-state index in [-0.39, 0.29) is 11.3 Å². The molecule has 0 radical (unpaired) electrons. The van der Waals surface area contributed by atoms with Crippen molar-refractivity contribution in [3.05, 3.63) is 16.3 Å². The van der Waals surface area contributed by atoms with E-state index in [1.807, 2.05) is 0 Å². The first-order valence-electron chi connectivity index (χ1n) is 6.55. The Morgan fingerprint density at radius 2 is 2.05 bits per heavy atom. The van der Waals surface area contributed by atoms with Crippen LogP contribution in [0.1, 0.15) is 38.0 Å². The summed E-state index contributed by atoms with van der Waals surface area (Å²) in [6.07, 6.45) is 2.97. The first-order valence-corrected chi connectivity index (χ1v) is 9.41. The maximum absolute atomic E-state index is 12.6. The average Bonchev–Trinajstić information content (AvgIpc) is 2.88. The summed E-state index contributed by atoms with van der Waals surface area (Å²) in [7, 11) is -3.36. The van der Waals surface area contributed by atoms with Crippen LogP contribution in [0.4, 0.5) is 0 Å². The molecule has 0 N–H and O–H groups in total. The highest BCUT2D eigenvalue weighted by Gasteiger charge is 2.35. The monoisotopic (exact) mass is 321 g/mol. The number of piperidine rings is 1. The molecule has 0 aromatic carbocycles. The Hall–Kier alpha value is -0.100. The number of nitrogens with zero attached hydrogens (tertiary/aromatic N) is 1. The van der Waals surface area contributed by atoms with Crippen LogP contribution >= 0.6 is 22.9 Å². The van der Waals surface area contributed by atoms with Crippen molar-refractivity contribution in [1.82, 2.24) is 4.31 Å². The molecular formula is C13H20ClNO2S2. The van der Waals surface area contributed by atoms with E-state index in [9.17, 15) is 8.42 Å². The largest absolute Gasteiger partial charge is 0.244 e. The summed E-state index contributed by atoms with van der Waals surface area (Å²) in [5.41, 5.74) is 0.288. The summed E-state index contributed by atoms with van der Waals surface area (Å²) in [5, 5.41) is 1.80. The van der Waals surface area contributed by atoms with Crippen molar-refractivity contribution in [2.45, 2.75) is 43.9 Å². The van der Waals surface area contributed by atoms with E-state index in [0.29, 0.717) is 18.0 Å². The lowest BCUT2D eigenvalue weighted by Crippen LogP contribution is -2.41. The van der Waals surface area contributed by atoms with Crippen LogP contribution in [0.5, 0.6) is 0 Å². The second-order valence-electron chi connectivity index (χ2n) is 5.41. The molecule has 19 heavy (non-hydrogen) atoms. The highest BCUT2D eigenvalue weighted by Crippen LogP contribution is 2.36. The number of hydrogen-bond donors (Lipinski definition) is 0. The highest BCUT2D eigenvalue weighted by atomic mass is 35.5. The van der Waals surface area contributed by atoms with Gasteiger partial charge in [0.25, 0.3) is 0 Å². The smallest absolute Gasteiger partial charge is 0.207 e. The maximum atomic E-state index is 12.6. The van der Waals surface area contributed by atoms with Crippen molar-refractivity contribution >= 4 is 33.0 Å². The number of alkyl halides is 1. The number of rotatable bonds is 4. The highest BCUT2D eigenvalue weighted by molar-refractivity contribution is 7.89. The van der Waals surface area contributed by atoms with Crippen LogP contribution in [0.25, 0.3) is 0 Å². The molecule has 0 saturated carbocycles. The minimum atomic E-state index is -3.36. The zero-order chi connectivity index (χ0) is 14.1. The molecule has 2 heterocycles. The van der Waals surface area contributed by atoms with Crippen LogP contribution in [0.2, 0.25) is 0 Å². The average molecular weight is 322 g/mol. The van der Waals surface area contributed by atoms with Crippen LogP contribution in [-0.4, -0.2) is 25.8 Å². The molecule has 1 aliphatic rings. The summed E-state index contributed by atoms with van der Waals surface area (Å²) in [5.74, 6) is 0.257. The van der Waals surface area contributed by atoms with Gasteiger partial charge in [0.05, 0.1) is 10.8 Å². The van der Waals surface area contributed by atoms with Crippen LogP contribution < -0.4 is 0 Å². The molecule has 3 nitrogen and oxygen atoms in total. The van der Waals surface area contributed by atoms with Gasteiger partial charge in [0.2, 0.25) is 10.0 Å². The van der Waals surface area contributed by atoms with Gasteiger partial charge in [0, 0.05) is 18.0 Å². The fourth-order valence-electron chi connectivity index (χ4n) is 2.42. The van der Waals surface area contributed by atoms with Crippen molar-refractivity contribution in [2.24, 2.45) is 5.41 Å². The predicted molar refractivity (Wildman–Crippen MR) is 80.3 cm³/mol. The molecule has 0 atom stereocenters. The van der Waals surface area contributed by atoms with E-state index >= 15 is 0 Å². The van der Waals surface area contributed by atoms with Crippen LogP contribution in [-0.2, 0) is 15.9 Å². The van der Waals surface area contributed by atoms with Gasteiger partial charge in [0.1, 0.15) is 0 Å². The Bertz CT molecular complexity index is 531. The van der Waals surface area contributed by atoms with E-state index in [4.69, 9.17) is 11.6 Å². The molecule has 0 amide bonds. The number of halogens is 1. The Kier molecular flexibility index (Phi) is 4.60. The van der Waals surface area contributed by atoms with Crippen LogP contribution in [0.3, 0.4) is 0 Å². The zero-order valence-corrected chi connectivity index (χ0v) is 13.7. The number of hydrogen-bond acceptors (Lipinski definition) is 3. The second kappa shape index (κ2) is 5.72. The fourth-order valence-corrected chi connectivity index (χ4v) is 5.53. The zero-order valence-electron chi connectivity index (χ0n) is 11.4. The van der Waals surface area contributed by atoms with Crippen LogP contribution in [0, 0.1) is 5.41 Å². The van der Waals surface area contributed by atoms with Gasteiger partial charge in [-0.05, 0) is 29.7 Å². The van der Waals surface area contributed by atoms with E-state index in [0.717, 1.165) is 24.1 Å². The lowest BCUT2D eigenvalue weighted by atomic mass is 9.79. The van der Waals surface area contributed by atoms with E-state index < -0.39 is 10.0 Å². The minimum Gasteiger partial charge on any atom is -0.207 e. The van der Waals surface area contributed by atoms with Gasteiger partial charge in [0.15, 0.2) is 0 Å². The summed E-state index contributed by atoms with van der Waals surface area (Å²) in [6, 6.07) is 1.67. The first-order chi connectivity index (χ1) is 8.93. The Morgan fingerprint density at radius 3 is 2.58 bits per heavy atom. The van der Waals surface area contributed by atoms with Crippen molar-refractivity contribution in [1.29, 1.82) is 0 Å². The van der Waals surface area contributed by atoms with Gasteiger partial charge in [-0.2, -0.15) is 4.31 Å². The first kappa shape index (κ1) is 15.3. The van der Waals surface area contributed by atoms with Crippen LogP contribution in [0.15, 0.2) is 16.3 Å². The molecule has 108 valence electrons. The van der Waals surface area contributed by atoms with Crippen molar-refractivity contribution < 1.29 is 8.42 Å². The molecule has 0 unspecified atom stereocenters. The Balaban J connectivity index is 2.19. The van der Waals surface area contributed by atoms with Gasteiger partial charge in [-0.3, -0.25) is 0 Å². The quantitative estimate of drug-likeness (QED) is 0.793. The molecule has 1 aromatic rings. The minimum absolute atomic E-state index is 0.257. The summed E-state index contributed by atoms with van der Waals surface area (Å²) in [6.45, 7) is 5.65. The van der Waals surface area contributed by atoms with Crippen molar-refractivity contribution in [3.63, 3.8) is 0 Å². The van der Waals surface area contributed by atoms with Gasteiger partial charge in [-0.15, -0.1) is 22.9 Å². The van der Waals surface area contributed by atoms with Crippen molar-refractivity contribution in [2.75, 3.05) is 13.1 Å². The third-order valence-corrected chi connectivity index (χ3v) is 7.69. The SMILES string of the molecule is CCC1(C)CCN(S(=O)(=O)c2ccsc2CCl)CC1. The van der Waals surface area contributed by atoms with Gasteiger partial charge < -0.3 is 0 Å². The molecule has 2 rings (SSSR count). The van der Waals surface area contributed by atoms with Gasteiger partial charge >= 0.3 is 0 Å². The molecule has 1 aromatic heterocycles. The van der Waals surface area contributed by atoms with E-state index in [2.05, 4.69) is 13.8 Å². The summed E-state index contributed by atoms with van der Waals surface area (Å²) in [4.78, 5) is 1.14. The molecule has 0 spiro atoms. The molecule has 6 heteroatoms. The molecule has 0 aliphatic carbocycles. The number of thiophene rings is 1. The van der Waals surface area contributed by atoms with E-state index in [1.165, 1.54) is 11.3 Å². The lowest BCUT2D eigenvalue weighted by Gasteiger charge is -2.38. The van der Waals surface area contributed by atoms with Gasteiger partial charge in [-0.1, -0.05) is 20.3 Å².